The third-order valence-electron chi connectivity index (χ3n) is 1.77. The molecule has 1 fully saturated rings. The van der Waals surface area contributed by atoms with Gasteiger partial charge >= 0.3 is 0 Å². The Kier molecular flexibility index (Phi) is 2.54. The van der Waals surface area contributed by atoms with Gasteiger partial charge in [-0.1, -0.05) is 26.1 Å². The minimum absolute atomic E-state index is 0.00694. The van der Waals surface area contributed by atoms with Crippen molar-refractivity contribution in [2.24, 2.45) is 5.92 Å². The summed E-state index contributed by atoms with van der Waals surface area (Å²) in [6.07, 6.45) is 0. The maximum absolute atomic E-state index is 11.3. The molecule has 0 aromatic heterocycles. The predicted molar refractivity (Wildman–Crippen MR) is 51.6 cm³/mol. The van der Waals surface area contributed by atoms with Crippen LogP contribution in [-0.2, 0) is 4.79 Å². The highest BCUT2D eigenvalue weighted by molar-refractivity contribution is 8.33. The first-order valence-corrected chi connectivity index (χ1v) is 4.75. The Morgan fingerprint density at radius 1 is 1.64 bits per heavy atom. The maximum atomic E-state index is 11.3. The third-order valence-corrected chi connectivity index (χ3v) is 3.21. The monoisotopic (exact) mass is 189 g/mol. The lowest BCUT2D eigenvalue weighted by Crippen LogP contribution is -2.35. The van der Waals surface area contributed by atoms with Gasteiger partial charge in [-0.2, -0.15) is 0 Å². The molecule has 1 rings (SSSR count). The molecule has 0 bridgehead atoms. The van der Waals surface area contributed by atoms with Crippen LogP contribution in [0, 0.1) is 5.92 Å². The average Bonchev–Trinajstić information content (AvgIpc) is 2.07. The molecule has 0 aliphatic carbocycles. The molecule has 1 heterocycles. The van der Waals surface area contributed by atoms with Crippen LogP contribution in [0.4, 0.5) is 0 Å². The molecule has 11 heavy (non-hydrogen) atoms. The van der Waals surface area contributed by atoms with Gasteiger partial charge in [0.1, 0.15) is 10.4 Å². The van der Waals surface area contributed by atoms with Crippen LogP contribution in [0.3, 0.4) is 0 Å². The van der Waals surface area contributed by atoms with Crippen molar-refractivity contribution < 1.29 is 4.79 Å². The lowest BCUT2D eigenvalue weighted by molar-refractivity contribution is -0.114. The lowest BCUT2D eigenvalue weighted by Gasteiger charge is -2.21. The molecule has 1 aliphatic heterocycles. The van der Waals surface area contributed by atoms with Crippen LogP contribution >= 0.6 is 24.0 Å². The molecular formula is C7H11NOS2. The van der Waals surface area contributed by atoms with Gasteiger partial charge in [0.05, 0.1) is 0 Å². The molecule has 2 nitrogen and oxygen atoms in total. The zero-order valence-electron chi connectivity index (χ0n) is 6.83. The predicted octanol–water partition coefficient (Wildman–Crippen LogP) is 1.50. The number of likely N-dealkylation sites (N-methyl/N-ethyl adjacent to an activating group) is 1. The summed E-state index contributed by atoms with van der Waals surface area (Å²) >= 11 is 6.17. The highest BCUT2D eigenvalue weighted by Crippen LogP contribution is 2.28. The Bertz CT molecular complexity index is 203. The van der Waals surface area contributed by atoms with Gasteiger partial charge in [0.2, 0.25) is 5.12 Å². The summed E-state index contributed by atoms with van der Waals surface area (Å²) in [5.74, 6) is 0.348. The Morgan fingerprint density at radius 3 is 2.36 bits per heavy atom. The van der Waals surface area contributed by atoms with E-state index in [9.17, 15) is 4.79 Å². The summed E-state index contributed by atoms with van der Waals surface area (Å²) in [4.78, 5) is 13.2. The Balaban J connectivity index is 2.79. The van der Waals surface area contributed by atoms with Gasteiger partial charge in [0, 0.05) is 7.05 Å². The first kappa shape index (κ1) is 9.00. The number of carbonyl (C=O) groups is 1. The number of hydrogen-bond acceptors (Lipinski definition) is 3. The van der Waals surface area contributed by atoms with Gasteiger partial charge in [-0.05, 0) is 17.7 Å². The number of thioether (sulfide) groups is 1. The summed E-state index contributed by atoms with van der Waals surface area (Å²) in [6.45, 7) is 4.07. The van der Waals surface area contributed by atoms with Crippen molar-refractivity contribution in [3.8, 4) is 0 Å². The maximum Gasteiger partial charge on any atom is 0.218 e. The standard InChI is InChI=1S/C7H11NOS2/c1-4(2)5-6(9)11-7(10)8(5)3/h4-5H,1-3H3. The van der Waals surface area contributed by atoms with Gasteiger partial charge in [-0.25, -0.2) is 0 Å². The van der Waals surface area contributed by atoms with Crippen molar-refractivity contribution in [3.63, 3.8) is 0 Å². The molecule has 1 atom stereocenters. The zero-order valence-corrected chi connectivity index (χ0v) is 8.46. The second kappa shape index (κ2) is 3.11. The van der Waals surface area contributed by atoms with Crippen LogP contribution in [0.1, 0.15) is 13.8 Å². The van der Waals surface area contributed by atoms with E-state index >= 15 is 0 Å². The van der Waals surface area contributed by atoms with Crippen LogP contribution < -0.4 is 0 Å². The van der Waals surface area contributed by atoms with Gasteiger partial charge in [0.15, 0.2) is 0 Å². The largest absolute Gasteiger partial charge is 0.349 e. The number of hydrogen-bond donors (Lipinski definition) is 0. The fraction of sp³-hybridized carbons (Fsp3) is 0.714. The average molecular weight is 189 g/mol. The summed E-state index contributed by atoms with van der Waals surface area (Å²) in [7, 11) is 1.88. The van der Waals surface area contributed by atoms with Crippen LogP contribution in [-0.4, -0.2) is 27.4 Å². The molecule has 0 spiro atoms. The molecule has 0 radical (unpaired) electrons. The van der Waals surface area contributed by atoms with E-state index in [1.54, 1.807) is 0 Å². The molecule has 4 heteroatoms. The number of carbonyl (C=O) groups excluding carboxylic acids is 1. The molecule has 1 saturated heterocycles. The topological polar surface area (TPSA) is 20.3 Å². The Labute approximate surface area is 76.3 Å². The van der Waals surface area contributed by atoms with Crippen LogP contribution in [0.2, 0.25) is 0 Å². The first-order chi connectivity index (χ1) is 5.04. The molecule has 1 aliphatic rings. The minimum atomic E-state index is -0.00694. The highest BCUT2D eigenvalue weighted by Gasteiger charge is 2.36. The van der Waals surface area contributed by atoms with Gasteiger partial charge in [-0.15, -0.1) is 0 Å². The highest BCUT2D eigenvalue weighted by atomic mass is 32.2. The molecule has 62 valence electrons. The van der Waals surface area contributed by atoms with Gasteiger partial charge in [0.25, 0.3) is 0 Å². The first-order valence-electron chi connectivity index (χ1n) is 3.52. The Morgan fingerprint density at radius 2 is 2.18 bits per heavy atom. The van der Waals surface area contributed by atoms with E-state index in [2.05, 4.69) is 0 Å². The van der Waals surface area contributed by atoms with Crippen molar-refractivity contribution in [3.05, 3.63) is 0 Å². The van der Waals surface area contributed by atoms with Crippen molar-refractivity contribution in [1.29, 1.82) is 0 Å². The SMILES string of the molecule is CC(C)C1C(=O)SC(=S)N1C. The molecular weight excluding hydrogens is 178 g/mol. The summed E-state index contributed by atoms with van der Waals surface area (Å²) in [5, 5.41) is 0.188. The molecule has 0 amide bonds. The minimum Gasteiger partial charge on any atom is -0.349 e. The van der Waals surface area contributed by atoms with E-state index in [0.29, 0.717) is 10.2 Å². The molecule has 0 saturated carbocycles. The molecule has 0 N–H and O–H groups in total. The normalized spacial score (nSPS) is 25.5. The number of thiocarbonyl (C=S) groups is 1. The fourth-order valence-electron chi connectivity index (χ4n) is 1.21. The van der Waals surface area contributed by atoms with Gasteiger partial charge in [-0.3, -0.25) is 4.79 Å². The number of nitrogens with zero attached hydrogens (tertiary/aromatic N) is 1. The Hall–Kier alpha value is -0.0900. The summed E-state index contributed by atoms with van der Waals surface area (Å²) in [6, 6.07) is -0.00694. The number of rotatable bonds is 1. The van der Waals surface area contributed by atoms with Crippen LogP contribution in [0.15, 0.2) is 0 Å². The zero-order chi connectivity index (χ0) is 8.59. The van der Waals surface area contributed by atoms with Crippen molar-refractivity contribution in [1.82, 2.24) is 4.90 Å². The summed E-state index contributed by atoms with van der Waals surface area (Å²) in [5.41, 5.74) is 0. The van der Waals surface area contributed by atoms with E-state index in [0.717, 1.165) is 0 Å². The summed E-state index contributed by atoms with van der Waals surface area (Å²) < 4.78 is 0.703. The van der Waals surface area contributed by atoms with Crippen molar-refractivity contribution in [2.45, 2.75) is 19.9 Å². The second-order valence-electron chi connectivity index (χ2n) is 2.99. The van der Waals surface area contributed by atoms with E-state index in [4.69, 9.17) is 12.2 Å². The third kappa shape index (κ3) is 1.56. The second-order valence-corrected chi connectivity index (χ2v) is 4.63. The van der Waals surface area contributed by atoms with E-state index in [-0.39, 0.29) is 11.2 Å². The van der Waals surface area contributed by atoms with E-state index < -0.39 is 0 Å². The fourth-order valence-corrected chi connectivity index (χ4v) is 2.55. The molecule has 1 unspecified atom stereocenters. The lowest BCUT2D eigenvalue weighted by atomic mass is 10.1. The molecule has 0 aromatic rings. The van der Waals surface area contributed by atoms with Crippen molar-refractivity contribution >= 4 is 33.4 Å². The quantitative estimate of drug-likeness (QED) is 0.582. The van der Waals surface area contributed by atoms with Gasteiger partial charge < -0.3 is 4.90 Å². The van der Waals surface area contributed by atoms with Crippen LogP contribution in [0.5, 0.6) is 0 Å². The van der Waals surface area contributed by atoms with Crippen LogP contribution in [0.25, 0.3) is 0 Å². The van der Waals surface area contributed by atoms with Crippen molar-refractivity contribution in [2.75, 3.05) is 7.05 Å². The molecule has 0 aromatic carbocycles. The van der Waals surface area contributed by atoms with E-state index in [1.165, 1.54) is 11.8 Å². The smallest absolute Gasteiger partial charge is 0.218 e. The van der Waals surface area contributed by atoms with E-state index in [1.807, 2.05) is 25.8 Å².